The number of anilines is 1. The van der Waals surface area contributed by atoms with Crippen LogP contribution in [0.5, 0.6) is 0 Å². The first-order valence-electron chi connectivity index (χ1n) is 4.99. The van der Waals surface area contributed by atoms with E-state index in [-0.39, 0.29) is 17.2 Å². The normalized spacial score (nSPS) is 10.1. The Morgan fingerprint density at radius 2 is 2.28 bits per heavy atom. The summed E-state index contributed by atoms with van der Waals surface area (Å²) in [6, 6.07) is 4.09. The fourth-order valence-corrected chi connectivity index (χ4v) is 1.41. The number of aryl methyl sites for hydroxylation is 1. The van der Waals surface area contributed by atoms with Crippen molar-refractivity contribution in [3.63, 3.8) is 0 Å². The predicted octanol–water partition coefficient (Wildman–Crippen LogP) is 1.27. The molecule has 0 aliphatic carbocycles. The summed E-state index contributed by atoms with van der Waals surface area (Å²) in [5, 5.41) is 19.1. The van der Waals surface area contributed by atoms with Gasteiger partial charge in [0, 0.05) is 17.7 Å². The third-order valence-electron chi connectivity index (χ3n) is 2.32. The summed E-state index contributed by atoms with van der Waals surface area (Å²) < 4.78 is 0. The zero-order chi connectivity index (χ0) is 13.1. The molecule has 1 aromatic heterocycles. The zero-order valence-corrected chi connectivity index (χ0v) is 9.38. The molecule has 8 heteroatoms. The van der Waals surface area contributed by atoms with Crippen molar-refractivity contribution < 1.29 is 9.72 Å². The molecule has 0 aliphatic rings. The molecule has 0 unspecified atom stereocenters. The van der Waals surface area contributed by atoms with Gasteiger partial charge < -0.3 is 0 Å². The molecule has 0 bridgehead atoms. The van der Waals surface area contributed by atoms with Crippen molar-refractivity contribution in [1.29, 1.82) is 0 Å². The van der Waals surface area contributed by atoms with Crippen LogP contribution >= 0.6 is 0 Å². The lowest BCUT2D eigenvalue weighted by Crippen LogP contribution is -2.14. The van der Waals surface area contributed by atoms with Crippen molar-refractivity contribution in [3.05, 3.63) is 45.8 Å². The van der Waals surface area contributed by atoms with E-state index in [1.807, 2.05) is 0 Å². The molecule has 8 nitrogen and oxygen atoms in total. The summed E-state index contributed by atoms with van der Waals surface area (Å²) in [7, 11) is 0. The van der Waals surface area contributed by atoms with Crippen molar-refractivity contribution in [2.24, 2.45) is 0 Å². The summed E-state index contributed by atoms with van der Waals surface area (Å²) in [6.45, 7) is 1.69. The number of rotatable bonds is 3. The van der Waals surface area contributed by atoms with Gasteiger partial charge in [-0.2, -0.15) is 10.1 Å². The summed E-state index contributed by atoms with van der Waals surface area (Å²) in [4.78, 5) is 25.7. The lowest BCUT2D eigenvalue weighted by atomic mass is 10.1. The molecular weight excluding hydrogens is 238 g/mol. The van der Waals surface area contributed by atoms with E-state index in [0.717, 1.165) is 0 Å². The molecule has 2 rings (SSSR count). The van der Waals surface area contributed by atoms with Crippen LogP contribution in [-0.4, -0.2) is 26.0 Å². The van der Waals surface area contributed by atoms with Crippen molar-refractivity contribution in [3.8, 4) is 0 Å². The third kappa shape index (κ3) is 2.32. The smallest absolute Gasteiger partial charge is 0.270 e. The van der Waals surface area contributed by atoms with Crippen LogP contribution in [0.15, 0.2) is 24.5 Å². The molecule has 1 aromatic carbocycles. The highest BCUT2D eigenvalue weighted by Crippen LogP contribution is 2.18. The van der Waals surface area contributed by atoms with E-state index in [4.69, 9.17) is 0 Å². The maximum absolute atomic E-state index is 11.9. The zero-order valence-electron chi connectivity index (χ0n) is 9.38. The third-order valence-corrected chi connectivity index (χ3v) is 2.32. The summed E-state index contributed by atoms with van der Waals surface area (Å²) in [5.74, 6) is -0.293. The number of non-ortho nitro benzene ring substituents is 1. The van der Waals surface area contributed by atoms with Gasteiger partial charge >= 0.3 is 0 Å². The monoisotopic (exact) mass is 247 g/mol. The molecule has 0 saturated heterocycles. The molecule has 0 radical (unpaired) electrons. The van der Waals surface area contributed by atoms with Gasteiger partial charge in [-0.1, -0.05) is 6.07 Å². The van der Waals surface area contributed by atoms with Gasteiger partial charge in [-0.15, -0.1) is 0 Å². The lowest BCUT2D eigenvalue weighted by Gasteiger charge is -2.04. The molecule has 0 fully saturated rings. The fourth-order valence-electron chi connectivity index (χ4n) is 1.41. The van der Waals surface area contributed by atoms with Crippen LogP contribution in [0.1, 0.15) is 15.9 Å². The number of hydrogen-bond donors (Lipinski definition) is 2. The molecule has 2 N–H and O–H groups in total. The minimum Gasteiger partial charge on any atom is -0.291 e. The number of amides is 1. The van der Waals surface area contributed by atoms with E-state index in [1.165, 1.54) is 24.5 Å². The highest BCUT2D eigenvalue weighted by atomic mass is 16.6. The SMILES string of the molecule is Cc1ccc([N+](=O)[O-])cc1C(=O)Nc1ncn[nH]1. The topological polar surface area (TPSA) is 114 Å². The first-order valence-corrected chi connectivity index (χ1v) is 4.99. The largest absolute Gasteiger partial charge is 0.291 e. The van der Waals surface area contributed by atoms with Crippen molar-refractivity contribution >= 4 is 17.5 Å². The number of carbonyl (C=O) groups excluding carboxylic acids is 1. The Hall–Kier alpha value is -2.77. The Morgan fingerprint density at radius 3 is 2.89 bits per heavy atom. The lowest BCUT2D eigenvalue weighted by molar-refractivity contribution is -0.384. The van der Waals surface area contributed by atoms with Crippen molar-refractivity contribution in [2.75, 3.05) is 5.32 Å². The van der Waals surface area contributed by atoms with Crippen LogP contribution in [0.2, 0.25) is 0 Å². The Morgan fingerprint density at radius 1 is 1.50 bits per heavy atom. The Kier molecular flexibility index (Phi) is 3.00. The molecule has 0 saturated carbocycles. The van der Waals surface area contributed by atoms with Gasteiger partial charge in [-0.05, 0) is 12.5 Å². The maximum atomic E-state index is 11.9. The second-order valence-electron chi connectivity index (χ2n) is 3.54. The first kappa shape index (κ1) is 11.7. The molecule has 1 heterocycles. The van der Waals surface area contributed by atoms with E-state index in [9.17, 15) is 14.9 Å². The quantitative estimate of drug-likeness (QED) is 0.626. The van der Waals surface area contributed by atoms with Crippen LogP contribution in [0.4, 0.5) is 11.6 Å². The predicted molar refractivity (Wildman–Crippen MR) is 62.2 cm³/mol. The van der Waals surface area contributed by atoms with Crippen LogP contribution in [0.3, 0.4) is 0 Å². The van der Waals surface area contributed by atoms with Crippen LogP contribution in [0, 0.1) is 17.0 Å². The van der Waals surface area contributed by atoms with E-state index >= 15 is 0 Å². The van der Waals surface area contributed by atoms with Gasteiger partial charge in [0.25, 0.3) is 11.6 Å². The standard InChI is InChI=1S/C10H9N5O3/c1-6-2-3-7(15(17)18)4-8(6)9(16)13-10-11-5-12-14-10/h2-5H,1H3,(H2,11,12,13,14,16). The van der Waals surface area contributed by atoms with Crippen LogP contribution in [0.25, 0.3) is 0 Å². The summed E-state index contributed by atoms with van der Waals surface area (Å²) in [6.07, 6.45) is 1.25. The minimum atomic E-state index is -0.551. The van der Waals surface area contributed by atoms with Crippen molar-refractivity contribution in [2.45, 2.75) is 6.92 Å². The summed E-state index contributed by atoms with van der Waals surface area (Å²) >= 11 is 0. The number of nitro groups is 1. The number of benzene rings is 1. The second-order valence-corrected chi connectivity index (χ2v) is 3.54. The molecule has 0 aliphatic heterocycles. The maximum Gasteiger partial charge on any atom is 0.270 e. The first-order chi connectivity index (χ1) is 8.58. The number of nitrogens with one attached hydrogen (secondary N) is 2. The number of aromatic nitrogens is 3. The average Bonchev–Trinajstić information content (AvgIpc) is 2.81. The number of nitrogens with zero attached hydrogens (tertiary/aromatic N) is 3. The molecule has 92 valence electrons. The van der Waals surface area contributed by atoms with Crippen LogP contribution < -0.4 is 5.32 Å². The molecule has 18 heavy (non-hydrogen) atoms. The Labute approximate surface area is 101 Å². The fraction of sp³-hybridized carbons (Fsp3) is 0.100. The van der Waals surface area contributed by atoms with E-state index in [1.54, 1.807) is 6.92 Å². The molecule has 1 amide bonds. The second kappa shape index (κ2) is 4.62. The van der Waals surface area contributed by atoms with Gasteiger partial charge in [0.1, 0.15) is 6.33 Å². The van der Waals surface area contributed by atoms with Gasteiger partial charge in [-0.3, -0.25) is 20.2 Å². The van der Waals surface area contributed by atoms with Gasteiger partial charge in [0.15, 0.2) is 0 Å². The number of carbonyl (C=O) groups is 1. The van der Waals surface area contributed by atoms with Gasteiger partial charge in [0.2, 0.25) is 5.95 Å². The Bertz CT molecular complexity index is 594. The Balaban J connectivity index is 2.29. The average molecular weight is 247 g/mol. The van der Waals surface area contributed by atoms with Crippen molar-refractivity contribution in [1.82, 2.24) is 15.2 Å². The molecule has 2 aromatic rings. The minimum absolute atomic E-state index is 0.136. The molecular formula is C10H9N5O3. The highest BCUT2D eigenvalue weighted by Gasteiger charge is 2.15. The molecule has 0 atom stereocenters. The number of aromatic amines is 1. The van der Waals surface area contributed by atoms with Gasteiger partial charge in [0.05, 0.1) is 4.92 Å². The summed E-state index contributed by atoms with van der Waals surface area (Å²) in [5.41, 5.74) is 0.724. The van der Waals surface area contributed by atoms with E-state index in [0.29, 0.717) is 5.56 Å². The number of nitro benzene ring substituents is 1. The van der Waals surface area contributed by atoms with E-state index < -0.39 is 10.8 Å². The number of H-pyrrole nitrogens is 1. The highest BCUT2D eigenvalue weighted by molar-refractivity contribution is 6.04. The van der Waals surface area contributed by atoms with Crippen LogP contribution in [-0.2, 0) is 0 Å². The van der Waals surface area contributed by atoms with E-state index in [2.05, 4.69) is 20.5 Å². The molecule has 0 spiro atoms. The van der Waals surface area contributed by atoms with Gasteiger partial charge in [-0.25, -0.2) is 5.10 Å². The number of hydrogen-bond acceptors (Lipinski definition) is 5.